The summed E-state index contributed by atoms with van der Waals surface area (Å²) in [5.74, 6) is 0. The summed E-state index contributed by atoms with van der Waals surface area (Å²) in [6.07, 6.45) is 0. The van der Waals surface area contributed by atoms with Crippen LogP contribution in [0.15, 0.2) is 0 Å². The lowest BCUT2D eigenvalue weighted by molar-refractivity contribution is 0.482. The minimum Gasteiger partial charge on any atom is -0.350 e. The lowest BCUT2D eigenvalue weighted by Gasteiger charge is -2.29. The van der Waals surface area contributed by atoms with Gasteiger partial charge in [-0.15, -0.1) is 0 Å². The van der Waals surface area contributed by atoms with E-state index in [-0.39, 0.29) is 16.2 Å². The van der Waals surface area contributed by atoms with Crippen LogP contribution in [-0.2, 0) is 23.3 Å². The Hall–Kier alpha value is -0.720. The second kappa shape index (κ2) is 4.40. The van der Waals surface area contributed by atoms with E-state index in [0.29, 0.717) is 0 Å². The lowest BCUT2D eigenvalue weighted by Crippen LogP contribution is -2.24. The molecule has 19 heavy (non-hydrogen) atoms. The van der Waals surface area contributed by atoms with E-state index in [2.05, 4.69) is 80.9 Å². The van der Waals surface area contributed by atoms with Crippen molar-refractivity contribution < 1.29 is 0 Å². The van der Waals surface area contributed by atoms with Crippen molar-refractivity contribution in [1.82, 2.24) is 4.57 Å². The van der Waals surface area contributed by atoms with Crippen LogP contribution in [0.2, 0.25) is 0 Å². The van der Waals surface area contributed by atoms with Gasteiger partial charge >= 0.3 is 0 Å². The largest absolute Gasteiger partial charge is 0.350 e. The summed E-state index contributed by atoms with van der Waals surface area (Å²) in [7, 11) is 2.24. The van der Waals surface area contributed by atoms with Gasteiger partial charge in [0.1, 0.15) is 0 Å². The second-order valence-corrected chi connectivity index (χ2v) is 9.01. The SMILES string of the molecule is Cc1c(C(C)(C)C)c(C(C)(C)C)n(C)c1C(C)(C)C. The molecule has 0 radical (unpaired) electrons. The van der Waals surface area contributed by atoms with Gasteiger partial charge in [-0.2, -0.15) is 0 Å². The smallest absolute Gasteiger partial charge is 0.0268 e. The molecule has 1 heterocycles. The molecule has 0 aliphatic rings. The maximum Gasteiger partial charge on any atom is 0.0268 e. The average Bonchev–Trinajstić information content (AvgIpc) is 2.33. The summed E-state index contributed by atoms with van der Waals surface area (Å²) in [6.45, 7) is 23.2. The van der Waals surface area contributed by atoms with Crippen molar-refractivity contribution in [2.45, 2.75) is 85.5 Å². The van der Waals surface area contributed by atoms with Crippen LogP contribution in [0.3, 0.4) is 0 Å². The van der Waals surface area contributed by atoms with Crippen LogP contribution in [0.25, 0.3) is 0 Å². The van der Waals surface area contributed by atoms with Crippen molar-refractivity contribution in [3.05, 3.63) is 22.5 Å². The van der Waals surface area contributed by atoms with Gasteiger partial charge in [-0.05, 0) is 23.5 Å². The minimum atomic E-state index is 0.172. The highest BCUT2D eigenvalue weighted by atomic mass is 15.0. The Kier molecular flexibility index (Phi) is 3.78. The molecule has 0 saturated heterocycles. The van der Waals surface area contributed by atoms with Crippen LogP contribution in [-0.4, -0.2) is 4.57 Å². The fraction of sp³-hybridized carbons (Fsp3) is 0.778. The highest BCUT2D eigenvalue weighted by Crippen LogP contribution is 2.42. The van der Waals surface area contributed by atoms with Gasteiger partial charge in [0.25, 0.3) is 0 Å². The standard InChI is InChI=1S/C18H33N/c1-12-13(16(2,3)4)15(18(8,9)10)19(11)14(12)17(5,6)7/h1-11H3. The van der Waals surface area contributed by atoms with E-state index in [1.807, 2.05) is 0 Å². The van der Waals surface area contributed by atoms with Gasteiger partial charge in [-0.25, -0.2) is 0 Å². The second-order valence-electron chi connectivity index (χ2n) is 9.01. The summed E-state index contributed by atoms with van der Waals surface area (Å²) in [5.41, 5.74) is 6.52. The first-order chi connectivity index (χ1) is 8.19. The minimum absolute atomic E-state index is 0.172. The van der Waals surface area contributed by atoms with Gasteiger partial charge in [-0.3, -0.25) is 0 Å². The molecule has 0 bridgehead atoms. The summed E-state index contributed by atoms with van der Waals surface area (Å²) in [6, 6.07) is 0. The quantitative estimate of drug-likeness (QED) is 0.604. The Labute approximate surface area is 120 Å². The molecule has 1 heteroatoms. The number of rotatable bonds is 0. The zero-order valence-corrected chi connectivity index (χ0v) is 14.9. The van der Waals surface area contributed by atoms with Crippen molar-refractivity contribution in [2.24, 2.45) is 7.05 Å². The molecule has 0 atom stereocenters. The summed E-state index contributed by atoms with van der Waals surface area (Å²) in [5, 5.41) is 0. The fourth-order valence-corrected chi connectivity index (χ4v) is 3.69. The maximum absolute atomic E-state index is 2.45. The first-order valence-electron chi connectivity index (χ1n) is 7.39. The topological polar surface area (TPSA) is 4.93 Å². The molecule has 0 fully saturated rings. The molecule has 0 amide bonds. The molecule has 110 valence electrons. The van der Waals surface area contributed by atoms with Crippen molar-refractivity contribution in [2.75, 3.05) is 0 Å². The maximum atomic E-state index is 2.45. The van der Waals surface area contributed by atoms with Gasteiger partial charge in [0.2, 0.25) is 0 Å². The molecule has 0 aromatic carbocycles. The van der Waals surface area contributed by atoms with E-state index >= 15 is 0 Å². The van der Waals surface area contributed by atoms with E-state index < -0.39 is 0 Å². The molecule has 1 nitrogen and oxygen atoms in total. The van der Waals surface area contributed by atoms with E-state index in [0.717, 1.165) is 0 Å². The molecule has 0 spiro atoms. The Balaban J connectivity index is 3.83. The zero-order chi connectivity index (χ0) is 15.4. The highest BCUT2D eigenvalue weighted by Gasteiger charge is 2.35. The Morgan fingerprint density at radius 2 is 1.00 bits per heavy atom. The van der Waals surface area contributed by atoms with Gasteiger partial charge < -0.3 is 4.57 Å². The Morgan fingerprint density at radius 3 is 1.21 bits per heavy atom. The summed E-state index contributed by atoms with van der Waals surface area (Å²) >= 11 is 0. The number of nitrogens with zero attached hydrogens (tertiary/aromatic N) is 1. The lowest BCUT2D eigenvalue weighted by atomic mass is 9.77. The summed E-state index contributed by atoms with van der Waals surface area (Å²) < 4.78 is 2.45. The highest BCUT2D eigenvalue weighted by molar-refractivity contribution is 5.47. The molecule has 0 aliphatic heterocycles. The van der Waals surface area contributed by atoms with Crippen LogP contribution in [0, 0.1) is 6.92 Å². The van der Waals surface area contributed by atoms with Crippen LogP contribution >= 0.6 is 0 Å². The van der Waals surface area contributed by atoms with Gasteiger partial charge in [-0.1, -0.05) is 62.3 Å². The molecule has 1 aromatic rings. The molecule has 0 aliphatic carbocycles. The third-order valence-corrected chi connectivity index (χ3v) is 3.81. The van der Waals surface area contributed by atoms with Crippen LogP contribution in [0.1, 0.15) is 84.8 Å². The Bertz CT molecular complexity index is 430. The fourth-order valence-electron chi connectivity index (χ4n) is 3.69. The van der Waals surface area contributed by atoms with Crippen molar-refractivity contribution in [3.63, 3.8) is 0 Å². The van der Waals surface area contributed by atoms with Gasteiger partial charge in [0.05, 0.1) is 0 Å². The van der Waals surface area contributed by atoms with Crippen LogP contribution in [0.4, 0.5) is 0 Å². The van der Waals surface area contributed by atoms with Crippen LogP contribution < -0.4 is 0 Å². The predicted octanol–water partition coefficient (Wildman–Crippen LogP) is 5.23. The predicted molar refractivity (Wildman–Crippen MR) is 86.3 cm³/mol. The van der Waals surface area contributed by atoms with Crippen molar-refractivity contribution in [3.8, 4) is 0 Å². The molecule has 0 unspecified atom stereocenters. The van der Waals surface area contributed by atoms with Gasteiger partial charge in [0.15, 0.2) is 0 Å². The molecular weight excluding hydrogens is 230 g/mol. The molecule has 1 aromatic heterocycles. The van der Waals surface area contributed by atoms with Gasteiger partial charge in [0, 0.05) is 29.3 Å². The third kappa shape index (κ3) is 2.90. The summed E-state index contributed by atoms with van der Waals surface area (Å²) in [4.78, 5) is 0. The van der Waals surface area contributed by atoms with Crippen molar-refractivity contribution in [1.29, 1.82) is 0 Å². The van der Waals surface area contributed by atoms with Crippen LogP contribution in [0.5, 0.6) is 0 Å². The Morgan fingerprint density at radius 1 is 0.632 bits per heavy atom. The molecule has 0 N–H and O–H groups in total. The molecule has 0 saturated carbocycles. The van der Waals surface area contributed by atoms with E-state index in [1.54, 1.807) is 0 Å². The number of hydrogen-bond donors (Lipinski definition) is 0. The van der Waals surface area contributed by atoms with E-state index in [4.69, 9.17) is 0 Å². The molecular formula is C18H33N. The first-order valence-corrected chi connectivity index (χ1v) is 7.39. The number of hydrogen-bond acceptors (Lipinski definition) is 0. The van der Waals surface area contributed by atoms with E-state index in [1.165, 1.54) is 22.5 Å². The van der Waals surface area contributed by atoms with Crippen molar-refractivity contribution >= 4 is 0 Å². The molecule has 1 rings (SSSR count). The van der Waals surface area contributed by atoms with E-state index in [9.17, 15) is 0 Å². The monoisotopic (exact) mass is 263 g/mol. The first kappa shape index (κ1) is 16.3. The zero-order valence-electron chi connectivity index (χ0n) is 14.9. The normalized spacial score (nSPS) is 14.1. The average molecular weight is 263 g/mol. The number of aromatic nitrogens is 1. The third-order valence-electron chi connectivity index (χ3n) is 3.81.